The third-order valence-electron chi connectivity index (χ3n) is 6.59. The lowest BCUT2D eigenvalue weighted by Crippen LogP contribution is -2.57. The molecule has 1 fully saturated rings. The summed E-state index contributed by atoms with van der Waals surface area (Å²) in [5.74, 6) is -0.799. The van der Waals surface area contributed by atoms with E-state index in [4.69, 9.17) is 5.73 Å². The second-order valence-electron chi connectivity index (χ2n) is 9.60. The number of likely N-dealkylation sites (tertiary alicyclic amines) is 1. The summed E-state index contributed by atoms with van der Waals surface area (Å²) in [5, 5.41) is 5.88. The van der Waals surface area contributed by atoms with Crippen molar-refractivity contribution in [2.75, 3.05) is 13.1 Å². The number of nitrogens with two attached hydrogens (primary N) is 1. The SMILES string of the molecule is CC(C)[C@H](NC(=O)[C@H](C)N)C(=O)N1CCC[C@H]1C(=O)NCC(C1=CCCC=C1)c1ccccc1. The monoisotopic (exact) mass is 466 g/mol. The van der Waals surface area contributed by atoms with Crippen molar-refractivity contribution in [3.63, 3.8) is 0 Å². The molecule has 2 aliphatic rings. The molecule has 1 aromatic carbocycles. The molecule has 1 saturated heterocycles. The number of benzene rings is 1. The first-order valence-corrected chi connectivity index (χ1v) is 12.3. The van der Waals surface area contributed by atoms with E-state index in [2.05, 4.69) is 41.0 Å². The average Bonchev–Trinajstić information content (AvgIpc) is 3.33. The van der Waals surface area contributed by atoms with Crippen LogP contribution in [0, 0.1) is 5.92 Å². The molecule has 7 nitrogen and oxygen atoms in total. The van der Waals surface area contributed by atoms with Crippen molar-refractivity contribution in [3.8, 4) is 0 Å². The Morgan fingerprint density at radius 1 is 1.12 bits per heavy atom. The Kier molecular flexibility index (Phi) is 9.05. The van der Waals surface area contributed by atoms with Crippen LogP contribution in [0.4, 0.5) is 0 Å². The first-order valence-electron chi connectivity index (χ1n) is 12.3. The molecule has 0 saturated carbocycles. The van der Waals surface area contributed by atoms with E-state index in [1.54, 1.807) is 11.8 Å². The van der Waals surface area contributed by atoms with Crippen molar-refractivity contribution in [2.24, 2.45) is 11.7 Å². The minimum atomic E-state index is -0.707. The molecular weight excluding hydrogens is 428 g/mol. The van der Waals surface area contributed by atoms with Crippen molar-refractivity contribution in [3.05, 3.63) is 59.7 Å². The fourth-order valence-electron chi connectivity index (χ4n) is 4.61. The van der Waals surface area contributed by atoms with Gasteiger partial charge in [0, 0.05) is 19.0 Å². The summed E-state index contributed by atoms with van der Waals surface area (Å²) < 4.78 is 0. The van der Waals surface area contributed by atoms with E-state index in [0.717, 1.165) is 24.8 Å². The number of amides is 3. The Morgan fingerprint density at radius 3 is 2.47 bits per heavy atom. The van der Waals surface area contributed by atoms with Gasteiger partial charge in [-0.15, -0.1) is 0 Å². The van der Waals surface area contributed by atoms with Gasteiger partial charge in [0.15, 0.2) is 0 Å². The van der Waals surface area contributed by atoms with Crippen LogP contribution in [-0.4, -0.2) is 53.8 Å². The lowest BCUT2D eigenvalue weighted by molar-refractivity contribution is -0.142. The fourth-order valence-corrected chi connectivity index (χ4v) is 4.61. The number of hydrogen-bond donors (Lipinski definition) is 3. The maximum atomic E-state index is 13.3. The summed E-state index contributed by atoms with van der Waals surface area (Å²) in [4.78, 5) is 40.4. The van der Waals surface area contributed by atoms with Gasteiger partial charge in [0.25, 0.3) is 0 Å². The summed E-state index contributed by atoms with van der Waals surface area (Å²) >= 11 is 0. The molecule has 1 aliphatic carbocycles. The molecule has 1 unspecified atom stereocenters. The van der Waals surface area contributed by atoms with Crippen LogP contribution in [0.2, 0.25) is 0 Å². The van der Waals surface area contributed by atoms with Gasteiger partial charge in [-0.3, -0.25) is 14.4 Å². The fraction of sp³-hybridized carbons (Fsp3) is 0.519. The molecule has 1 aromatic rings. The van der Waals surface area contributed by atoms with Gasteiger partial charge in [-0.25, -0.2) is 0 Å². The maximum Gasteiger partial charge on any atom is 0.246 e. The molecule has 0 radical (unpaired) electrons. The van der Waals surface area contributed by atoms with Crippen molar-refractivity contribution >= 4 is 17.7 Å². The van der Waals surface area contributed by atoms with E-state index in [0.29, 0.717) is 19.5 Å². The Balaban J connectivity index is 1.70. The molecule has 7 heteroatoms. The molecule has 0 spiro atoms. The first-order chi connectivity index (χ1) is 16.3. The molecule has 4 N–H and O–H groups in total. The van der Waals surface area contributed by atoms with Gasteiger partial charge in [0.1, 0.15) is 12.1 Å². The predicted molar refractivity (Wildman–Crippen MR) is 134 cm³/mol. The third-order valence-corrected chi connectivity index (χ3v) is 6.59. The van der Waals surface area contributed by atoms with Crippen LogP contribution in [-0.2, 0) is 14.4 Å². The van der Waals surface area contributed by atoms with Crippen molar-refractivity contribution < 1.29 is 14.4 Å². The number of rotatable bonds is 9. The molecule has 1 aliphatic heterocycles. The topological polar surface area (TPSA) is 105 Å². The maximum absolute atomic E-state index is 13.3. The largest absolute Gasteiger partial charge is 0.353 e. The van der Waals surface area contributed by atoms with Crippen molar-refractivity contribution in [1.82, 2.24) is 15.5 Å². The van der Waals surface area contributed by atoms with Gasteiger partial charge >= 0.3 is 0 Å². The summed E-state index contributed by atoms with van der Waals surface area (Å²) in [6.07, 6.45) is 9.96. The summed E-state index contributed by atoms with van der Waals surface area (Å²) in [6.45, 7) is 6.32. The van der Waals surface area contributed by atoms with Gasteiger partial charge in [-0.2, -0.15) is 0 Å². The zero-order valence-corrected chi connectivity index (χ0v) is 20.5. The number of carbonyl (C=O) groups is 3. The van der Waals surface area contributed by atoms with Crippen LogP contribution in [0.1, 0.15) is 57.9 Å². The smallest absolute Gasteiger partial charge is 0.246 e. The highest BCUT2D eigenvalue weighted by Gasteiger charge is 2.39. The zero-order chi connectivity index (χ0) is 24.7. The van der Waals surface area contributed by atoms with E-state index in [1.165, 1.54) is 5.57 Å². The molecule has 0 aromatic heterocycles. The lowest BCUT2D eigenvalue weighted by atomic mass is 9.88. The van der Waals surface area contributed by atoms with Crippen LogP contribution in [0.25, 0.3) is 0 Å². The molecule has 34 heavy (non-hydrogen) atoms. The molecule has 3 rings (SSSR count). The zero-order valence-electron chi connectivity index (χ0n) is 20.5. The minimum Gasteiger partial charge on any atom is -0.353 e. The van der Waals surface area contributed by atoms with Crippen molar-refractivity contribution in [1.29, 1.82) is 0 Å². The summed E-state index contributed by atoms with van der Waals surface area (Å²) in [5.41, 5.74) is 8.04. The standard InChI is InChI=1S/C27H38N4O3/c1-18(2)24(30-25(32)19(3)28)27(34)31-16-10-15-23(31)26(33)29-17-22(20-11-6-4-7-12-20)21-13-8-5-9-14-21/h4,6-8,11-14,18-19,22-24H,5,9-10,15-17,28H2,1-3H3,(H,29,33)(H,30,32)/t19-,22?,23-,24-/m0/s1. The minimum absolute atomic E-state index is 0.0565. The van der Waals surface area contributed by atoms with Crippen LogP contribution < -0.4 is 16.4 Å². The highest BCUT2D eigenvalue weighted by Crippen LogP contribution is 2.28. The highest BCUT2D eigenvalue weighted by atomic mass is 16.2. The Labute approximate surface area is 202 Å². The summed E-state index contributed by atoms with van der Waals surface area (Å²) in [6, 6.07) is 8.23. The molecule has 4 atom stereocenters. The van der Waals surface area contributed by atoms with Crippen LogP contribution >= 0.6 is 0 Å². The van der Waals surface area contributed by atoms with Crippen LogP contribution in [0.15, 0.2) is 54.1 Å². The average molecular weight is 467 g/mol. The number of carbonyl (C=O) groups excluding carboxylic acids is 3. The molecule has 0 bridgehead atoms. The van der Waals surface area contributed by atoms with Gasteiger partial charge in [-0.05, 0) is 49.7 Å². The number of nitrogens with zero attached hydrogens (tertiary/aromatic N) is 1. The van der Waals surface area contributed by atoms with E-state index in [9.17, 15) is 14.4 Å². The lowest BCUT2D eigenvalue weighted by Gasteiger charge is -2.31. The highest BCUT2D eigenvalue weighted by molar-refractivity contribution is 5.93. The number of allylic oxidation sites excluding steroid dienone is 3. The Bertz CT molecular complexity index is 923. The second kappa shape index (κ2) is 12.0. The Morgan fingerprint density at radius 2 is 1.85 bits per heavy atom. The van der Waals surface area contributed by atoms with Crippen molar-refractivity contribution in [2.45, 2.75) is 70.5 Å². The second-order valence-corrected chi connectivity index (χ2v) is 9.60. The van der Waals surface area contributed by atoms with Gasteiger partial charge < -0.3 is 21.3 Å². The first kappa shape index (κ1) is 25.7. The molecule has 184 valence electrons. The third kappa shape index (κ3) is 6.35. The quantitative estimate of drug-likeness (QED) is 0.520. The van der Waals surface area contributed by atoms with E-state index >= 15 is 0 Å². The summed E-state index contributed by atoms with van der Waals surface area (Å²) in [7, 11) is 0. The predicted octanol–water partition coefficient (Wildman–Crippen LogP) is 2.64. The molecule has 3 amide bonds. The Hall–Kier alpha value is -2.93. The molecule has 1 heterocycles. The number of hydrogen-bond acceptors (Lipinski definition) is 4. The van der Waals surface area contributed by atoms with E-state index < -0.39 is 18.1 Å². The van der Waals surface area contributed by atoms with Crippen LogP contribution in [0.3, 0.4) is 0 Å². The van der Waals surface area contributed by atoms with Gasteiger partial charge in [0.2, 0.25) is 17.7 Å². The number of nitrogens with one attached hydrogen (secondary N) is 2. The van der Waals surface area contributed by atoms with Gasteiger partial charge in [0.05, 0.1) is 6.04 Å². The van der Waals surface area contributed by atoms with Crippen LogP contribution in [0.5, 0.6) is 0 Å². The van der Waals surface area contributed by atoms with E-state index in [-0.39, 0.29) is 29.6 Å². The normalized spacial score (nSPS) is 20.4. The molecular formula is C27H38N4O3. The van der Waals surface area contributed by atoms with E-state index in [1.807, 2.05) is 32.0 Å². The van der Waals surface area contributed by atoms with Gasteiger partial charge in [-0.1, -0.05) is 62.4 Å².